The third-order valence-electron chi connectivity index (χ3n) is 5.04. The molecule has 0 spiro atoms. The Balaban J connectivity index is 1.88. The molecule has 2 aromatic heterocycles. The highest BCUT2D eigenvalue weighted by Crippen LogP contribution is 2.36. The van der Waals surface area contributed by atoms with E-state index in [9.17, 15) is 13.6 Å². The lowest BCUT2D eigenvalue weighted by molar-refractivity contribution is -0.118. The Morgan fingerprint density at radius 2 is 1.97 bits per heavy atom. The first-order chi connectivity index (χ1) is 16.0. The van der Waals surface area contributed by atoms with Gasteiger partial charge < -0.3 is 15.8 Å². The maximum Gasteiger partial charge on any atom is 0.217 e. The van der Waals surface area contributed by atoms with Crippen LogP contribution < -0.4 is 15.8 Å². The number of halogens is 2. The molecule has 0 radical (unpaired) electrons. The molecule has 0 fully saturated rings. The summed E-state index contributed by atoms with van der Waals surface area (Å²) in [5.74, 6) is -0.446. The van der Waals surface area contributed by atoms with Gasteiger partial charge in [-0.25, -0.2) is 18.7 Å². The summed E-state index contributed by atoms with van der Waals surface area (Å²) in [5, 5.41) is 3.80. The lowest BCUT2D eigenvalue weighted by Gasteiger charge is -2.15. The predicted molar refractivity (Wildman–Crippen MR) is 122 cm³/mol. The van der Waals surface area contributed by atoms with Crippen molar-refractivity contribution in [2.24, 2.45) is 5.73 Å². The molecule has 0 aliphatic carbocycles. The largest absolute Gasteiger partial charge is 0.494 e. The number of methoxy groups -OCH3 is 1. The van der Waals surface area contributed by atoms with Gasteiger partial charge in [-0.2, -0.15) is 0 Å². The summed E-state index contributed by atoms with van der Waals surface area (Å²) in [6, 6.07) is 10.4. The van der Waals surface area contributed by atoms with Crippen LogP contribution in [0.2, 0.25) is 0 Å². The number of ether oxygens (including phenoxy) is 1. The fourth-order valence-electron chi connectivity index (χ4n) is 3.46. The minimum Gasteiger partial charge on any atom is -0.494 e. The number of carbonyl (C=O) groups excluding carboxylic acids is 1. The topological polar surface area (TPSA) is 103 Å². The monoisotopic (exact) mass is 449 g/mol. The van der Waals surface area contributed by atoms with Crippen LogP contribution >= 0.6 is 0 Å². The zero-order valence-electron chi connectivity index (χ0n) is 17.8. The third-order valence-corrected chi connectivity index (χ3v) is 5.04. The second-order valence-electron chi connectivity index (χ2n) is 7.33. The first-order valence-corrected chi connectivity index (χ1v) is 10.2. The average Bonchev–Trinajstić information content (AvgIpc) is 2.81. The van der Waals surface area contributed by atoms with Crippen LogP contribution in [0.3, 0.4) is 0 Å². The van der Waals surface area contributed by atoms with Crippen LogP contribution in [-0.2, 0) is 4.79 Å². The Hall–Kier alpha value is -4.14. The van der Waals surface area contributed by atoms with Crippen LogP contribution in [0.5, 0.6) is 5.75 Å². The van der Waals surface area contributed by atoms with Gasteiger partial charge in [0.2, 0.25) is 5.91 Å². The van der Waals surface area contributed by atoms with E-state index in [2.05, 4.69) is 20.3 Å². The van der Waals surface area contributed by atoms with Crippen molar-refractivity contribution in [3.05, 3.63) is 66.5 Å². The molecule has 0 atom stereocenters. The van der Waals surface area contributed by atoms with E-state index < -0.39 is 17.5 Å². The molecule has 0 saturated heterocycles. The number of nitrogens with one attached hydrogen (secondary N) is 1. The lowest BCUT2D eigenvalue weighted by atomic mass is 10.0. The van der Waals surface area contributed by atoms with Crippen LogP contribution in [0.1, 0.15) is 12.8 Å². The molecule has 1 amide bonds. The summed E-state index contributed by atoms with van der Waals surface area (Å²) in [7, 11) is 1.49. The number of hydrogen-bond donors (Lipinski definition) is 2. The number of primary amides is 1. The Morgan fingerprint density at radius 3 is 2.67 bits per heavy atom. The SMILES string of the molecule is COc1cc(-c2ccc(F)cc2F)cc2c(NCCCC(N)=O)nc(-c3cccnc3)nc12. The van der Waals surface area contributed by atoms with Gasteiger partial charge >= 0.3 is 0 Å². The molecule has 0 aliphatic rings. The average molecular weight is 449 g/mol. The molecule has 0 unspecified atom stereocenters. The van der Waals surface area contributed by atoms with Crippen LogP contribution in [-0.4, -0.2) is 34.5 Å². The van der Waals surface area contributed by atoms with E-state index in [0.29, 0.717) is 52.4 Å². The van der Waals surface area contributed by atoms with E-state index in [1.807, 2.05) is 6.07 Å². The molecule has 4 rings (SSSR count). The number of nitrogens with two attached hydrogens (primary N) is 1. The van der Waals surface area contributed by atoms with Gasteiger partial charge in [0.05, 0.1) is 7.11 Å². The van der Waals surface area contributed by atoms with Crippen molar-refractivity contribution in [2.45, 2.75) is 12.8 Å². The molecule has 4 aromatic rings. The van der Waals surface area contributed by atoms with Gasteiger partial charge in [0.15, 0.2) is 5.82 Å². The minimum atomic E-state index is -0.694. The number of amides is 1. The molecule has 2 heterocycles. The first kappa shape index (κ1) is 22.1. The maximum atomic E-state index is 14.5. The van der Waals surface area contributed by atoms with Crippen molar-refractivity contribution in [3.63, 3.8) is 0 Å². The summed E-state index contributed by atoms with van der Waals surface area (Å²) in [6.45, 7) is 0.430. The summed E-state index contributed by atoms with van der Waals surface area (Å²) in [6.07, 6.45) is 4.03. The zero-order valence-corrected chi connectivity index (χ0v) is 17.8. The molecular formula is C24H21F2N5O2. The Labute approximate surface area is 188 Å². The van der Waals surface area contributed by atoms with Crippen LogP contribution in [0, 0.1) is 11.6 Å². The molecule has 9 heteroatoms. The zero-order chi connectivity index (χ0) is 23.4. The van der Waals surface area contributed by atoms with Crippen molar-refractivity contribution in [2.75, 3.05) is 19.0 Å². The number of pyridine rings is 1. The number of nitrogens with zero attached hydrogens (tertiary/aromatic N) is 3. The van der Waals surface area contributed by atoms with E-state index in [4.69, 9.17) is 10.5 Å². The van der Waals surface area contributed by atoms with Gasteiger partial charge in [-0.1, -0.05) is 0 Å². The van der Waals surface area contributed by atoms with Gasteiger partial charge in [-0.3, -0.25) is 9.78 Å². The van der Waals surface area contributed by atoms with Gasteiger partial charge in [-0.05, 0) is 48.4 Å². The number of rotatable bonds is 8. The molecule has 3 N–H and O–H groups in total. The molecule has 0 aliphatic heterocycles. The predicted octanol–water partition coefficient (Wildman–Crippen LogP) is 4.32. The van der Waals surface area contributed by atoms with Crippen molar-refractivity contribution >= 4 is 22.6 Å². The van der Waals surface area contributed by atoms with Crippen LogP contribution in [0.25, 0.3) is 33.4 Å². The normalized spacial score (nSPS) is 10.9. The van der Waals surface area contributed by atoms with E-state index in [-0.39, 0.29) is 12.0 Å². The van der Waals surface area contributed by atoms with E-state index in [1.54, 1.807) is 30.6 Å². The quantitative estimate of drug-likeness (QED) is 0.388. The standard InChI is InChI=1S/C24H21F2N5O2/c1-33-20-11-15(17-7-6-16(25)12-19(17)26)10-18-22(20)30-23(14-4-2-8-28-13-14)31-24(18)29-9-3-5-21(27)32/h2,4,6-8,10-13H,3,5,9H2,1H3,(H2,27,32)(H,29,30,31). The first-order valence-electron chi connectivity index (χ1n) is 10.2. The highest BCUT2D eigenvalue weighted by Gasteiger charge is 2.17. The van der Waals surface area contributed by atoms with Crippen molar-refractivity contribution < 1.29 is 18.3 Å². The molecular weight excluding hydrogens is 428 g/mol. The van der Waals surface area contributed by atoms with Gasteiger partial charge in [0.25, 0.3) is 0 Å². The van der Waals surface area contributed by atoms with Gasteiger partial charge in [-0.15, -0.1) is 0 Å². The number of anilines is 1. The molecule has 2 aromatic carbocycles. The van der Waals surface area contributed by atoms with Gasteiger partial charge in [0, 0.05) is 47.9 Å². The number of aromatic nitrogens is 3. The maximum absolute atomic E-state index is 14.5. The number of fused-ring (bicyclic) bond motifs is 1. The number of hydrogen-bond acceptors (Lipinski definition) is 6. The summed E-state index contributed by atoms with van der Waals surface area (Å²) >= 11 is 0. The molecule has 7 nitrogen and oxygen atoms in total. The summed E-state index contributed by atoms with van der Waals surface area (Å²) in [4.78, 5) is 24.5. The highest BCUT2D eigenvalue weighted by atomic mass is 19.1. The Morgan fingerprint density at radius 1 is 1.12 bits per heavy atom. The highest BCUT2D eigenvalue weighted by molar-refractivity contribution is 5.98. The van der Waals surface area contributed by atoms with Crippen LogP contribution in [0.15, 0.2) is 54.9 Å². The Bertz CT molecular complexity index is 1320. The fraction of sp³-hybridized carbons (Fsp3) is 0.167. The van der Waals surface area contributed by atoms with Crippen molar-refractivity contribution in [1.29, 1.82) is 0 Å². The third kappa shape index (κ3) is 4.87. The van der Waals surface area contributed by atoms with Crippen LogP contribution in [0.4, 0.5) is 14.6 Å². The van der Waals surface area contributed by atoms with E-state index >= 15 is 0 Å². The molecule has 33 heavy (non-hydrogen) atoms. The van der Waals surface area contributed by atoms with Crippen molar-refractivity contribution in [3.8, 4) is 28.3 Å². The number of benzene rings is 2. The van der Waals surface area contributed by atoms with E-state index in [0.717, 1.165) is 6.07 Å². The second kappa shape index (κ2) is 9.56. The summed E-state index contributed by atoms with van der Waals surface area (Å²) in [5.41, 5.74) is 7.14. The molecule has 168 valence electrons. The lowest BCUT2D eigenvalue weighted by Crippen LogP contribution is -2.13. The smallest absolute Gasteiger partial charge is 0.217 e. The second-order valence-corrected chi connectivity index (χ2v) is 7.33. The number of carbonyl (C=O) groups is 1. The summed E-state index contributed by atoms with van der Waals surface area (Å²) < 4.78 is 33.5. The van der Waals surface area contributed by atoms with E-state index in [1.165, 1.54) is 19.2 Å². The minimum absolute atomic E-state index is 0.215. The van der Waals surface area contributed by atoms with Gasteiger partial charge in [0.1, 0.15) is 28.7 Å². The molecule has 0 bridgehead atoms. The molecule has 0 saturated carbocycles. The fourth-order valence-corrected chi connectivity index (χ4v) is 3.46. The Kier molecular flexibility index (Phi) is 6.39. The van der Waals surface area contributed by atoms with Crippen molar-refractivity contribution in [1.82, 2.24) is 15.0 Å².